The maximum atomic E-state index is 12.8. The minimum atomic E-state index is -1.59. The van der Waals surface area contributed by atoms with Crippen molar-refractivity contribution in [3.05, 3.63) is 40.3 Å². The molecular formula is C10H5FO5. The molecule has 0 aliphatic heterocycles. The van der Waals surface area contributed by atoms with Gasteiger partial charge in [-0.2, -0.15) is 0 Å². The lowest BCUT2D eigenvalue weighted by molar-refractivity contribution is 0.133. The van der Waals surface area contributed by atoms with Crippen LogP contribution in [0, 0.1) is 5.82 Å². The number of benzene rings is 1. The fraction of sp³-hybridized carbons (Fsp3) is 0. The summed E-state index contributed by atoms with van der Waals surface area (Å²) < 4.78 is 21.9. The second kappa shape index (κ2) is 3.65. The highest BCUT2D eigenvalue weighted by Crippen LogP contribution is 2.18. The lowest BCUT2D eigenvalue weighted by Gasteiger charge is -2.00. The Morgan fingerprint density at radius 1 is 1.38 bits per heavy atom. The quantitative estimate of drug-likeness (QED) is 0.749. The largest absolute Gasteiger partial charge is 0.513 e. The van der Waals surface area contributed by atoms with Crippen molar-refractivity contribution in [1.82, 2.24) is 0 Å². The average Bonchev–Trinajstić information content (AvgIpc) is 2.18. The van der Waals surface area contributed by atoms with E-state index in [1.54, 1.807) is 0 Å². The van der Waals surface area contributed by atoms with Gasteiger partial charge >= 0.3 is 6.16 Å². The van der Waals surface area contributed by atoms with Crippen LogP contribution in [0.25, 0.3) is 11.0 Å². The van der Waals surface area contributed by atoms with Gasteiger partial charge in [0.1, 0.15) is 11.4 Å². The van der Waals surface area contributed by atoms with Crippen molar-refractivity contribution >= 4 is 17.1 Å². The number of carboxylic acid groups (broad SMARTS) is 1. The van der Waals surface area contributed by atoms with E-state index in [0.717, 1.165) is 18.2 Å². The topological polar surface area (TPSA) is 76.7 Å². The van der Waals surface area contributed by atoms with Gasteiger partial charge in [-0.25, -0.2) is 9.18 Å². The van der Waals surface area contributed by atoms with Crippen LogP contribution in [0.4, 0.5) is 9.18 Å². The summed E-state index contributed by atoms with van der Waals surface area (Å²) in [5.74, 6) is -1.02. The maximum absolute atomic E-state index is 12.8. The first-order chi connectivity index (χ1) is 7.56. The number of halogens is 1. The lowest BCUT2D eigenvalue weighted by atomic mass is 10.2. The van der Waals surface area contributed by atoms with Gasteiger partial charge in [-0.15, -0.1) is 0 Å². The SMILES string of the molecule is O=C(O)Oc1cc(=O)c2cc(F)ccc2o1. The summed E-state index contributed by atoms with van der Waals surface area (Å²) in [6, 6.07) is 4.16. The summed E-state index contributed by atoms with van der Waals surface area (Å²) >= 11 is 0. The van der Waals surface area contributed by atoms with E-state index in [9.17, 15) is 14.0 Å². The van der Waals surface area contributed by atoms with Gasteiger partial charge in [-0.05, 0) is 18.2 Å². The van der Waals surface area contributed by atoms with E-state index in [4.69, 9.17) is 9.52 Å². The molecule has 2 rings (SSSR count). The predicted molar refractivity (Wildman–Crippen MR) is 51.1 cm³/mol. The molecule has 6 heteroatoms. The fourth-order valence-electron chi connectivity index (χ4n) is 1.24. The number of hydrogen-bond acceptors (Lipinski definition) is 4. The van der Waals surface area contributed by atoms with Crippen LogP contribution in [0.3, 0.4) is 0 Å². The van der Waals surface area contributed by atoms with Crippen molar-refractivity contribution in [2.24, 2.45) is 0 Å². The number of fused-ring (bicyclic) bond motifs is 1. The summed E-state index contributed by atoms with van der Waals surface area (Å²) in [5, 5.41) is 8.36. The Balaban J connectivity index is 2.64. The molecule has 0 saturated heterocycles. The Morgan fingerprint density at radius 2 is 2.12 bits per heavy atom. The molecule has 1 heterocycles. The van der Waals surface area contributed by atoms with Crippen LogP contribution in [0.15, 0.2) is 33.5 Å². The van der Waals surface area contributed by atoms with Crippen LogP contribution in [0.2, 0.25) is 0 Å². The molecule has 0 aliphatic carbocycles. The maximum Gasteiger partial charge on any atom is 0.513 e. The molecule has 0 fully saturated rings. The van der Waals surface area contributed by atoms with E-state index < -0.39 is 23.3 Å². The Labute approximate surface area is 87.7 Å². The summed E-state index contributed by atoms with van der Waals surface area (Å²) in [5.41, 5.74) is -0.512. The van der Waals surface area contributed by atoms with Crippen molar-refractivity contribution < 1.29 is 23.4 Å². The Morgan fingerprint density at radius 3 is 2.81 bits per heavy atom. The third-order valence-electron chi connectivity index (χ3n) is 1.85. The second-order valence-electron chi connectivity index (χ2n) is 2.94. The number of hydrogen-bond donors (Lipinski definition) is 1. The molecule has 5 nitrogen and oxygen atoms in total. The first kappa shape index (κ1) is 10.2. The van der Waals surface area contributed by atoms with Gasteiger partial charge in [-0.1, -0.05) is 0 Å². The highest BCUT2D eigenvalue weighted by atomic mass is 19.1. The highest BCUT2D eigenvalue weighted by Gasteiger charge is 2.09. The molecule has 0 bridgehead atoms. The van der Waals surface area contributed by atoms with Crippen molar-refractivity contribution in [3.8, 4) is 5.95 Å². The lowest BCUT2D eigenvalue weighted by Crippen LogP contribution is -2.07. The molecule has 1 aromatic heterocycles. The molecule has 0 spiro atoms. The number of ether oxygens (including phenoxy) is 1. The molecule has 0 amide bonds. The molecule has 0 unspecified atom stereocenters. The monoisotopic (exact) mass is 224 g/mol. The van der Waals surface area contributed by atoms with Crippen LogP contribution >= 0.6 is 0 Å². The standard InChI is InChI=1S/C10H5FO5/c11-5-1-2-8-6(3-5)7(12)4-9(15-8)16-10(13)14/h1-4H,(H,13,14). The molecular weight excluding hydrogens is 219 g/mol. The minimum absolute atomic E-state index is 0.0257. The van der Waals surface area contributed by atoms with E-state index in [1.807, 2.05) is 0 Å². The van der Waals surface area contributed by atoms with E-state index in [-0.39, 0.29) is 11.0 Å². The first-order valence-electron chi connectivity index (χ1n) is 4.20. The molecule has 82 valence electrons. The smallest absolute Gasteiger partial charge is 0.449 e. The molecule has 1 N–H and O–H groups in total. The van der Waals surface area contributed by atoms with Crippen molar-refractivity contribution in [2.45, 2.75) is 0 Å². The Hall–Kier alpha value is -2.37. The second-order valence-corrected chi connectivity index (χ2v) is 2.94. The first-order valence-corrected chi connectivity index (χ1v) is 4.20. The van der Waals surface area contributed by atoms with Crippen molar-refractivity contribution in [1.29, 1.82) is 0 Å². The van der Waals surface area contributed by atoms with Gasteiger partial charge in [0.25, 0.3) is 5.95 Å². The van der Waals surface area contributed by atoms with Crippen LogP contribution in [-0.4, -0.2) is 11.3 Å². The zero-order valence-corrected chi connectivity index (χ0v) is 7.77. The average molecular weight is 224 g/mol. The van der Waals surface area contributed by atoms with Crippen molar-refractivity contribution in [2.75, 3.05) is 0 Å². The van der Waals surface area contributed by atoms with Crippen LogP contribution < -0.4 is 10.2 Å². The van der Waals surface area contributed by atoms with E-state index in [0.29, 0.717) is 0 Å². The van der Waals surface area contributed by atoms with Gasteiger partial charge in [0.2, 0.25) is 0 Å². The molecule has 16 heavy (non-hydrogen) atoms. The van der Waals surface area contributed by atoms with Gasteiger partial charge in [0, 0.05) is 0 Å². The zero-order valence-electron chi connectivity index (χ0n) is 7.77. The molecule has 1 aromatic carbocycles. The molecule has 0 aliphatic rings. The minimum Gasteiger partial charge on any atom is -0.449 e. The van der Waals surface area contributed by atoms with Gasteiger partial charge in [-0.3, -0.25) is 4.79 Å². The number of rotatable bonds is 1. The number of carbonyl (C=O) groups is 1. The van der Waals surface area contributed by atoms with Gasteiger partial charge < -0.3 is 14.3 Å². The summed E-state index contributed by atoms with van der Waals surface area (Å²) in [6.07, 6.45) is -1.59. The highest BCUT2D eigenvalue weighted by molar-refractivity contribution is 5.76. The van der Waals surface area contributed by atoms with Crippen LogP contribution in [0.1, 0.15) is 0 Å². The summed E-state index contributed by atoms with van der Waals surface area (Å²) in [4.78, 5) is 21.7. The van der Waals surface area contributed by atoms with Crippen LogP contribution in [-0.2, 0) is 0 Å². The molecule has 0 atom stereocenters. The summed E-state index contributed by atoms with van der Waals surface area (Å²) in [7, 11) is 0. The Kier molecular flexibility index (Phi) is 2.32. The summed E-state index contributed by atoms with van der Waals surface area (Å²) in [6.45, 7) is 0. The van der Waals surface area contributed by atoms with E-state index >= 15 is 0 Å². The zero-order chi connectivity index (χ0) is 11.7. The van der Waals surface area contributed by atoms with Crippen LogP contribution in [0.5, 0.6) is 5.95 Å². The third kappa shape index (κ3) is 1.85. The third-order valence-corrected chi connectivity index (χ3v) is 1.85. The predicted octanol–water partition coefficient (Wildman–Crippen LogP) is 1.99. The fourth-order valence-corrected chi connectivity index (χ4v) is 1.24. The van der Waals surface area contributed by atoms with Gasteiger partial charge in [0.15, 0.2) is 5.43 Å². The van der Waals surface area contributed by atoms with Crippen molar-refractivity contribution in [3.63, 3.8) is 0 Å². The Bertz CT molecular complexity index is 616. The molecule has 0 radical (unpaired) electrons. The van der Waals surface area contributed by atoms with E-state index in [1.165, 1.54) is 6.07 Å². The molecule has 0 saturated carbocycles. The van der Waals surface area contributed by atoms with Gasteiger partial charge in [0.05, 0.1) is 11.5 Å². The van der Waals surface area contributed by atoms with E-state index in [2.05, 4.69) is 4.74 Å². The normalized spacial score (nSPS) is 10.3. The molecule has 2 aromatic rings.